The smallest absolute Gasteiger partial charge is 0.138 e. The Hall–Kier alpha value is -1.84. The van der Waals surface area contributed by atoms with E-state index in [4.69, 9.17) is 16.0 Å². The predicted molar refractivity (Wildman–Crippen MR) is 71.7 cm³/mol. The summed E-state index contributed by atoms with van der Waals surface area (Å²) in [4.78, 5) is 0. The Bertz CT molecular complexity index is 736. The Labute approximate surface area is 114 Å². The van der Waals surface area contributed by atoms with Gasteiger partial charge in [-0.05, 0) is 30.3 Å². The van der Waals surface area contributed by atoms with Gasteiger partial charge in [-0.3, -0.25) is 0 Å². The zero-order chi connectivity index (χ0) is 13.4. The molecule has 1 aromatic heterocycles. The number of halogens is 2. The average Bonchev–Trinajstić information content (AvgIpc) is 2.81. The van der Waals surface area contributed by atoms with Gasteiger partial charge in [0, 0.05) is 16.0 Å². The van der Waals surface area contributed by atoms with Crippen LogP contribution in [0.4, 0.5) is 4.39 Å². The second kappa shape index (κ2) is 4.68. The van der Waals surface area contributed by atoms with E-state index in [0.29, 0.717) is 27.3 Å². The quantitative estimate of drug-likeness (QED) is 0.757. The van der Waals surface area contributed by atoms with Crippen LogP contribution in [0, 0.1) is 5.82 Å². The van der Waals surface area contributed by atoms with Crippen LogP contribution >= 0.6 is 11.6 Å². The Kier molecular flexibility index (Phi) is 3.01. The van der Waals surface area contributed by atoms with Crippen molar-refractivity contribution < 1.29 is 13.9 Å². The molecule has 2 nitrogen and oxygen atoms in total. The summed E-state index contributed by atoms with van der Waals surface area (Å²) in [6.07, 6.45) is -0.968. The van der Waals surface area contributed by atoms with Gasteiger partial charge in [-0.1, -0.05) is 29.8 Å². The number of aliphatic hydroxyl groups excluding tert-OH is 1. The fraction of sp³-hybridized carbons (Fsp3) is 0.0667. The van der Waals surface area contributed by atoms with Gasteiger partial charge in [0.2, 0.25) is 0 Å². The first-order valence-corrected chi connectivity index (χ1v) is 6.14. The number of rotatable bonds is 2. The lowest BCUT2D eigenvalue weighted by molar-refractivity contribution is 0.192. The summed E-state index contributed by atoms with van der Waals surface area (Å²) < 4.78 is 18.6. The van der Waals surface area contributed by atoms with Gasteiger partial charge in [-0.25, -0.2) is 4.39 Å². The lowest BCUT2D eigenvalue weighted by atomic mass is 10.1. The van der Waals surface area contributed by atoms with E-state index >= 15 is 0 Å². The molecule has 0 saturated carbocycles. The molecule has 96 valence electrons. The van der Waals surface area contributed by atoms with E-state index < -0.39 is 6.10 Å². The van der Waals surface area contributed by atoms with Crippen molar-refractivity contribution >= 4 is 22.6 Å². The van der Waals surface area contributed by atoms with Crippen molar-refractivity contribution in [3.05, 3.63) is 70.7 Å². The second-order valence-electron chi connectivity index (χ2n) is 4.25. The molecular weight excluding hydrogens is 267 g/mol. The van der Waals surface area contributed by atoms with Crippen LogP contribution in [0.5, 0.6) is 0 Å². The topological polar surface area (TPSA) is 33.4 Å². The summed E-state index contributed by atoms with van der Waals surface area (Å²) in [5.41, 5.74) is 1.09. The van der Waals surface area contributed by atoms with Crippen LogP contribution in [0.1, 0.15) is 17.4 Å². The SMILES string of the molecule is OC(c1cc2cc(F)ccc2o1)c1ccccc1Cl. The number of aliphatic hydroxyl groups is 1. The van der Waals surface area contributed by atoms with E-state index in [1.807, 2.05) is 0 Å². The van der Waals surface area contributed by atoms with E-state index in [9.17, 15) is 9.50 Å². The minimum Gasteiger partial charge on any atom is -0.458 e. The molecule has 1 atom stereocenters. The molecule has 2 aromatic carbocycles. The Morgan fingerprint density at radius 3 is 2.68 bits per heavy atom. The normalized spacial score (nSPS) is 12.8. The van der Waals surface area contributed by atoms with Crippen LogP contribution in [0.3, 0.4) is 0 Å². The van der Waals surface area contributed by atoms with E-state index in [0.717, 1.165) is 0 Å². The van der Waals surface area contributed by atoms with Crippen molar-refractivity contribution in [3.8, 4) is 0 Å². The predicted octanol–water partition coefficient (Wildman–Crippen LogP) is 4.31. The van der Waals surface area contributed by atoms with Crippen LogP contribution < -0.4 is 0 Å². The highest BCUT2D eigenvalue weighted by Crippen LogP contribution is 2.31. The van der Waals surface area contributed by atoms with Crippen molar-refractivity contribution in [2.24, 2.45) is 0 Å². The molecule has 0 bridgehead atoms. The summed E-state index contributed by atoms with van der Waals surface area (Å²) >= 11 is 6.03. The number of furan rings is 1. The van der Waals surface area contributed by atoms with Crippen molar-refractivity contribution in [1.29, 1.82) is 0 Å². The van der Waals surface area contributed by atoms with Crippen molar-refractivity contribution in [2.45, 2.75) is 6.10 Å². The molecule has 1 unspecified atom stereocenters. The Balaban J connectivity index is 2.07. The molecule has 19 heavy (non-hydrogen) atoms. The molecule has 0 radical (unpaired) electrons. The molecule has 0 fully saturated rings. The van der Waals surface area contributed by atoms with Gasteiger partial charge in [0.05, 0.1) is 0 Å². The van der Waals surface area contributed by atoms with Crippen molar-refractivity contribution in [1.82, 2.24) is 0 Å². The maximum Gasteiger partial charge on any atom is 0.138 e. The molecule has 1 heterocycles. The number of hydrogen-bond acceptors (Lipinski definition) is 2. The Morgan fingerprint density at radius 1 is 1.11 bits per heavy atom. The molecule has 3 aromatic rings. The molecule has 0 amide bonds. The monoisotopic (exact) mass is 276 g/mol. The van der Waals surface area contributed by atoms with Gasteiger partial charge in [-0.15, -0.1) is 0 Å². The first kappa shape index (κ1) is 12.2. The van der Waals surface area contributed by atoms with Crippen molar-refractivity contribution in [2.75, 3.05) is 0 Å². The van der Waals surface area contributed by atoms with E-state index in [1.54, 1.807) is 30.3 Å². The molecule has 0 saturated heterocycles. The first-order valence-electron chi connectivity index (χ1n) is 5.76. The molecular formula is C15H10ClFO2. The van der Waals surface area contributed by atoms with Gasteiger partial charge in [0.25, 0.3) is 0 Å². The number of fused-ring (bicyclic) bond motifs is 1. The standard InChI is InChI=1S/C15H10ClFO2/c16-12-4-2-1-3-11(12)15(18)14-8-9-7-10(17)5-6-13(9)19-14/h1-8,15,18H. The maximum absolute atomic E-state index is 13.1. The molecule has 3 rings (SSSR count). The summed E-state index contributed by atoms with van der Waals surface area (Å²) in [6, 6.07) is 12.8. The average molecular weight is 277 g/mol. The molecule has 1 N–H and O–H groups in total. The highest BCUT2D eigenvalue weighted by molar-refractivity contribution is 6.31. The molecule has 0 spiro atoms. The largest absolute Gasteiger partial charge is 0.458 e. The highest BCUT2D eigenvalue weighted by atomic mass is 35.5. The van der Waals surface area contributed by atoms with Crippen molar-refractivity contribution in [3.63, 3.8) is 0 Å². The van der Waals surface area contributed by atoms with Crippen LogP contribution in [0.25, 0.3) is 11.0 Å². The number of hydrogen-bond donors (Lipinski definition) is 1. The van der Waals surface area contributed by atoms with Crippen LogP contribution in [0.15, 0.2) is 52.9 Å². The molecule has 4 heteroatoms. The third-order valence-corrected chi connectivity index (χ3v) is 3.31. The first-order chi connectivity index (χ1) is 9.15. The second-order valence-corrected chi connectivity index (χ2v) is 4.66. The van der Waals surface area contributed by atoms with E-state index in [2.05, 4.69) is 0 Å². The highest BCUT2D eigenvalue weighted by Gasteiger charge is 2.18. The van der Waals surface area contributed by atoms with Crippen LogP contribution in [-0.2, 0) is 0 Å². The van der Waals surface area contributed by atoms with Gasteiger partial charge >= 0.3 is 0 Å². The van der Waals surface area contributed by atoms with Gasteiger partial charge in [-0.2, -0.15) is 0 Å². The summed E-state index contributed by atoms with van der Waals surface area (Å²) in [6.45, 7) is 0. The van der Waals surface area contributed by atoms with Gasteiger partial charge < -0.3 is 9.52 Å². The molecule has 0 aliphatic carbocycles. The molecule has 0 aliphatic rings. The van der Waals surface area contributed by atoms with Gasteiger partial charge in [0.15, 0.2) is 0 Å². The van der Waals surface area contributed by atoms with E-state index in [1.165, 1.54) is 18.2 Å². The van der Waals surface area contributed by atoms with Crippen LogP contribution in [0.2, 0.25) is 5.02 Å². The summed E-state index contributed by atoms with van der Waals surface area (Å²) in [5, 5.41) is 11.3. The lowest BCUT2D eigenvalue weighted by Crippen LogP contribution is -1.98. The Morgan fingerprint density at radius 2 is 1.89 bits per heavy atom. The lowest BCUT2D eigenvalue weighted by Gasteiger charge is -2.09. The number of benzene rings is 2. The third-order valence-electron chi connectivity index (χ3n) is 2.97. The minimum atomic E-state index is -0.968. The minimum absolute atomic E-state index is 0.341. The maximum atomic E-state index is 13.1. The zero-order valence-electron chi connectivity index (χ0n) is 9.81. The van der Waals surface area contributed by atoms with Crippen LogP contribution in [-0.4, -0.2) is 5.11 Å². The zero-order valence-corrected chi connectivity index (χ0v) is 10.6. The summed E-state index contributed by atoms with van der Waals surface area (Å²) in [5.74, 6) is 0.000725. The fourth-order valence-corrected chi connectivity index (χ4v) is 2.26. The molecule has 0 aliphatic heterocycles. The fourth-order valence-electron chi connectivity index (χ4n) is 2.02. The third kappa shape index (κ3) is 2.23. The van der Waals surface area contributed by atoms with E-state index in [-0.39, 0.29) is 5.82 Å². The van der Waals surface area contributed by atoms with Gasteiger partial charge in [0.1, 0.15) is 23.3 Å². The summed E-state index contributed by atoms with van der Waals surface area (Å²) in [7, 11) is 0.